The minimum Gasteiger partial charge on any atom is -0.486 e. The van der Waals surface area contributed by atoms with Crippen LogP contribution >= 0.6 is 15.9 Å². The first-order chi connectivity index (χ1) is 7.54. The van der Waals surface area contributed by atoms with Gasteiger partial charge in [0.25, 0.3) is 5.92 Å². The number of halogens is 3. The van der Waals surface area contributed by atoms with Gasteiger partial charge in [0.05, 0.1) is 6.54 Å². The van der Waals surface area contributed by atoms with Gasteiger partial charge in [-0.25, -0.2) is 0 Å². The first kappa shape index (κ1) is 11.6. The van der Waals surface area contributed by atoms with Crippen molar-refractivity contribution in [1.29, 1.82) is 0 Å². The highest BCUT2D eigenvalue weighted by atomic mass is 79.9. The lowest BCUT2D eigenvalue weighted by molar-refractivity contribution is 0.00469. The smallest absolute Gasteiger partial charge is 0.286 e. The van der Waals surface area contributed by atoms with E-state index in [-0.39, 0.29) is 10.0 Å². The summed E-state index contributed by atoms with van der Waals surface area (Å²) in [6, 6.07) is 2.75. The lowest BCUT2D eigenvalue weighted by atomic mass is 10.1. The SMILES string of the molecule is NCC(F)(F)c1cc2c(cc1Br)OCCO2. The minimum atomic E-state index is -3.07. The topological polar surface area (TPSA) is 44.5 Å². The molecule has 1 aromatic carbocycles. The largest absolute Gasteiger partial charge is 0.486 e. The Morgan fingerprint density at radius 2 is 1.81 bits per heavy atom. The highest BCUT2D eigenvalue weighted by Gasteiger charge is 2.33. The van der Waals surface area contributed by atoms with Gasteiger partial charge in [0, 0.05) is 10.0 Å². The van der Waals surface area contributed by atoms with Gasteiger partial charge in [0.2, 0.25) is 0 Å². The Bertz CT molecular complexity index is 412. The molecule has 2 rings (SSSR count). The molecule has 2 N–H and O–H groups in total. The summed E-state index contributed by atoms with van der Waals surface area (Å²) in [5.74, 6) is -2.28. The van der Waals surface area contributed by atoms with Crippen molar-refractivity contribution in [3.8, 4) is 11.5 Å². The molecule has 0 saturated carbocycles. The van der Waals surface area contributed by atoms with E-state index in [1.807, 2.05) is 0 Å². The van der Waals surface area contributed by atoms with Crippen molar-refractivity contribution in [2.75, 3.05) is 19.8 Å². The fourth-order valence-corrected chi connectivity index (χ4v) is 2.07. The number of benzene rings is 1. The molecule has 0 fully saturated rings. The molecule has 1 aliphatic heterocycles. The highest BCUT2D eigenvalue weighted by Crippen LogP contribution is 2.41. The molecule has 0 bridgehead atoms. The van der Waals surface area contributed by atoms with Gasteiger partial charge in [-0.05, 0) is 12.1 Å². The third-order valence-corrected chi connectivity index (χ3v) is 2.94. The average Bonchev–Trinajstić information content (AvgIpc) is 2.28. The second-order valence-corrected chi connectivity index (χ2v) is 4.24. The number of alkyl halides is 2. The van der Waals surface area contributed by atoms with E-state index >= 15 is 0 Å². The van der Waals surface area contributed by atoms with Crippen molar-refractivity contribution in [1.82, 2.24) is 0 Å². The molecule has 16 heavy (non-hydrogen) atoms. The molecule has 1 heterocycles. The third kappa shape index (κ3) is 1.99. The molecule has 1 aliphatic rings. The van der Waals surface area contributed by atoms with Crippen LogP contribution in [0.3, 0.4) is 0 Å². The van der Waals surface area contributed by atoms with Crippen molar-refractivity contribution in [2.24, 2.45) is 5.73 Å². The zero-order valence-corrected chi connectivity index (χ0v) is 9.89. The number of hydrogen-bond acceptors (Lipinski definition) is 3. The molecule has 0 aromatic heterocycles. The summed E-state index contributed by atoms with van der Waals surface area (Å²) in [5, 5.41) is 0. The Morgan fingerprint density at radius 3 is 2.38 bits per heavy atom. The number of rotatable bonds is 2. The van der Waals surface area contributed by atoms with E-state index in [9.17, 15) is 8.78 Å². The maximum atomic E-state index is 13.5. The monoisotopic (exact) mass is 293 g/mol. The first-order valence-electron chi connectivity index (χ1n) is 4.72. The summed E-state index contributed by atoms with van der Waals surface area (Å²) < 4.78 is 37.7. The highest BCUT2D eigenvalue weighted by molar-refractivity contribution is 9.10. The quantitative estimate of drug-likeness (QED) is 0.910. The van der Waals surface area contributed by atoms with Crippen LogP contribution in [0.25, 0.3) is 0 Å². The lowest BCUT2D eigenvalue weighted by Gasteiger charge is -2.22. The van der Waals surface area contributed by atoms with E-state index in [2.05, 4.69) is 15.9 Å². The lowest BCUT2D eigenvalue weighted by Crippen LogP contribution is -2.26. The molecule has 0 atom stereocenters. The van der Waals surface area contributed by atoms with Gasteiger partial charge in [-0.2, -0.15) is 8.78 Å². The van der Waals surface area contributed by atoms with Crippen LogP contribution in [0.1, 0.15) is 5.56 Å². The van der Waals surface area contributed by atoms with Gasteiger partial charge >= 0.3 is 0 Å². The van der Waals surface area contributed by atoms with Gasteiger partial charge in [0.15, 0.2) is 11.5 Å². The van der Waals surface area contributed by atoms with E-state index < -0.39 is 12.5 Å². The molecule has 1 aromatic rings. The van der Waals surface area contributed by atoms with E-state index in [0.717, 1.165) is 0 Å². The molecule has 0 saturated heterocycles. The maximum Gasteiger partial charge on any atom is 0.286 e. The standard InChI is InChI=1S/C10H10BrF2NO2/c11-7-4-9-8(15-1-2-16-9)3-6(7)10(12,13)5-14/h3-4H,1-2,5,14H2. The first-order valence-corrected chi connectivity index (χ1v) is 5.51. The molecule has 88 valence electrons. The van der Waals surface area contributed by atoms with Crippen LogP contribution in [0.4, 0.5) is 8.78 Å². The molecule has 0 aliphatic carbocycles. The zero-order valence-electron chi connectivity index (χ0n) is 8.30. The fourth-order valence-electron chi connectivity index (χ4n) is 1.45. The predicted molar refractivity (Wildman–Crippen MR) is 58.1 cm³/mol. The van der Waals surface area contributed by atoms with E-state index in [4.69, 9.17) is 15.2 Å². The van der Waals surface area contributed by atoms with Crippen molar-refractivity contribution in [3.63, 3.8) is 0 Å². The summed E-state index contributed by atoms with van der Waals surface area (Å²) in [5.41, 5.74) is 4.86. The number of nitrogens with two attached hydrogens (primary N) is 1. The van der Waals surface area contributed by atoms with Gasteiger partial charge in [0.1, 0.15) is 13.2 Å². The molecule has 6 heteroatoms. The number of hydrogen-bond donors (Lipinski definition) is 1. The summed E-state index contributed by atoms with van der Waals surface area (Å²) >= 11 is 3.08. The van der Waals surface area contributed by atoms with Gasteiger partial charge in [-0.1, -0.05) is 15.9 Å². The molecular weight excluding hydrogens is 284 g/mol. The van der Waals surface area contributed by atoms with Crippen molar-refractivity contribution >= 4 is 15.9 Å². The van der Waals surface area contributed by atoms with Crippen LogP contribution in [0.5, 0.6) is 11.5 Å². The number of fused-ring (bicyclic) bond motifs is 1. The van der Waals surface area contributed by atoms with Crippen molar-refractivity contribution in [2.45, 2.75) is 5.92 Å². The van der Waals surface area contributed by atoms with Gasteiger partial charge < -0.3 is 15.2 Å². The Hall–Kier alpha value is -0.880. The van der Waals surface area contributed by atoms with E-state index in [1.54, 1.807) is 0 Å². The van der Waals surface area contributed by atoms with Crippen LogP contribution in [0, 0.1) is 0 Å². The van der Waals surface area contributed by atoms with Crippen LogP contribution in [0.2, 0.25) is 0 Å². The molecule has 0 amide bonds. The second kappa shape index (κ2) is 4.18. The van der Waals surface area contributed by atoms with Gasteiger partial charge in [-0.3, -0.25) is 0 Å². The van der Waals surface area contributed by atoms with Crippen LogP contribution < -0.4 is 15.2 Å². The van der Waals surface area contributed by atoms with Crippen LogP contribution in [0.15, 0.2) is 16.6 Å². The minimum absolute atomic E-state index is 0.181. The Morgan fingerprint density at radius 1 is 1.25 bits per heavy atom. The Balaban J connectivity index is 2.47. The molecule has 3 nitrogen and oxygen atoms in total. The maximum absolute atomic E-state index is 13.5. The van der Waals surface area contributed by atoms with Crippen molar-refractivity contribution in [3.05, 3.63) is 22.2 Å². The number of ether oxygens (including phenoxy) is 2. The Kier molecular flexibility index (Phi) is 3.03. The Labute approximate surface area is 99.7 Å². The van der Waals surface area contributed by atoms with Crippen molar-refractivity contribution < 1.29 is 18.3 Å². The second-order valence-electron chi connectivity index (χ2n) is 3.38. The summed E-state index contributed by atoms with van der Waals surface area (Å²) in [6.45, 7) is 0.0413. The average molecular weight is 294 g/mol. The van der Waals surface area contributed by atoms with Gasteiger partial charge in [-0.15, -0.1) is 0 Å². The third-order valence-electron chi connectivity index (χ3n) is 2.28. The predicted octanol–water partition coefficient (Wildman–Crippen LogP) is 2.27. The zero-order chi connectivity index (χ0) is 11.8. The molecule has 0 unspecified atom stereocenters. The molecular formula is C10H10BrF2NO2. The van der Waals surface area contributed by atoms with E-state index in [0.29, 0.717) is 24.7 Å². The van der Waals surface area contributed by atoms with Crippen LogP contribution in [-0.2, 0) is 5.92 Å². The molecule has 0 radical (unpaired) electrons. The summed E-state index contributed by atoms with van der Waals surface area (Å²) in [4.78, 5) is 0. The summed E-state index contributed by atoms with van der Waals surface area (Å²) in [7, 11) is 0. The van der Waals surface area contributed by atoms with Crippen LogP contribution in [-0.4, -0.2) is 19.8 Å². The summed E-state index contributed by atoms with van der Waals surface area (Å²) in [6.07, 6.45) is 0. The van der Waals surface area contributed by atoms with E-state index in [1.165, 1.54) is 12.1 Å². The normalized spacial score (nSPS) is 15.0. The molecule has 0 spiro atoms. The fraction of sp³-hybridized carbons (Fsp3) is 0.400.